The Labute approximate surface area is 178 Å². The van der Waals surface area contributed by atoms with E-state index in [1.165, 1.54) is 24.0 Å². The van der Waals surface area contributed by atoms with Gasteiger partial charge in [-0.3, -0.25) is 9.59 Å². The van der Waals surface area contributed by atoms with Gasteiger partial charge in [-0.25, -0.2) is 0 Å². The Bertz CT molecular complexity index is 762. The molecule has 3 heterocycles. The van der Waals surface area contributed by atoms with Crippen molar-refractivity contribution in [2.75, 3.05) is 49.1 Å². The molecule has 158 valence electrons. The van der Waals surface area contributed by atoms with E-state index in [0.29, 0.717) is 13.0 Å². The van der Waals surface area contributed by atoms with E-state index >= 15 is 0 Å². The fraction of sp³-hybridized carbons (Fsp3) is 0.652. The molecule has 2 atom stereocenters. The van der Waals surface area contributed by atoms with Gasteiger partial charge in [0.25, 0.3) is 0 Å². The van der Waals surface area contributed by atoms with Gasteiger partial charge in [0.2, 0.25) is 11.8 Å². The van der Waals surface area contributed by atoms with E-state index in [4.69, 9.17) is 0 Å². The van der Waals surface area contributed by atoms with E-state index in [-0.39, 0.29) is 23.8 Å². The molecule has 0 radical (unpaired) electrons. The molecule has 3 aliphatic heterocycles. The summed E-state index contributed by atoms with van der Waals surface area (Å²) < 4.78 is 0. The van der Waals surface area contributed by atoms with Gasteiger partial charge < -0.3 is 14.7 Å². The predicted molar refractivity (Wildman–Crippen MR) is 119 cm³/mol. The van der Waals surface area contributed by atoms with E-state index in [9.17, 15) is 9.59 Å². The Hall–Kier alpha value is -1.53. The first kappa shape index (κ1) is 20.7. The summed E-state index contributed by atoms with van der Waals surface area (Å²) >= 11 is 1.97. The summed E-state index contributed by atoms with van der Waals surface area (Å²) in [5, 5.41) is 0. The minimum Gasteiger partial charge on any atom is -0.337 e. The monoisotopic (exact) mass is 415 g/mol. The number of carbonyl (C=O) groups is 2. The number of rotatable bonds is 4. The van der Waals surface area contributed by atoms with E-state index in [0.717, 1.165) is 49.8 Å². The summed E-state index contributed by atoms with van der Waals surface area (Å²) in [5.41, 5.74) is 3.33. The lowest BCUT2D eigenvalue weighted by atomic mass is 10.1. The molecule has 0 spiro atoms. The Morgan fingerprint density at radius 2 is 1.90 bits per heavy atom. The zero-order chi connectivity index (χ0) is 20.4. The fourth-order valence-corrected chi connectivity index (χ4v) is 5.84. The number of carbonyl (C=O) groups excluding carboxylic acids is 2. The highest BCUT2D eigenvalue weighted by Gasteiger charge is 2.39. The second-order valence-corrected chi connectivity index (χ2v) is 9.95. The molecule has 29 heavy (non-hydrogen) atoms. The zero-order valence-electron chi connectivity index (χ0n) is 17.7. The molecule has 6 heteroatoms. The maximum atomic E-state index is 13.5. The van der Waals surface area contributed by atoms with Gasteiger partial charge in [0.05, 0.1) is 12.0 Å². The summed E-state index contributed by atoms with van der Waals surface area (Å²) in [6.07, 6.45) is 3.94. The molecule has 3 aliphatic rings. The largest absolute Gasteiger partial charge is 0.337 e. The number of aryl methyl sites for hydroxylation is 2. The predicted octanol–water partition coefficient (Wildman–Crippen LogP) is 3.09. The molecule has 0 saturated carbocycles. The number of hydrogen-bond acceptors (Lipinski definition) is 4. The van der Waals surface area contributed by atoms with Gasteiger partial charge in [-0.05, 0) is 75.2 Å². The van der Waals surface area contributed by atoms with Gasteiger partial charge >= 0.3 is 0 Å². The number of nitrogens with zero attached hydrogens (tertiary/aromatic N) is 3. The van der Waals surface area contributed by atoms with Crippen molar-refractivity contribution in [1.82, 2.24) is 9.80 Å². The quantitative estimate of drug-likeness (QED) is 0.758. The maximum absolute atomic E-state index is 13.5. The van der Waals surface area contributed by atoms with Crippen molar-refractivity contribution in [2.45, 2.75) is 45.6 Å². The summed E-state index contributed by atoms with van der Waals surface area (Å²) in [5.74, 6) is 2.19. The van der Waals surface area contributed by atoms with Crippen molar-refractivity contribution in [3.63, 3.8) is 0 Å². The number of benzene rings is 1. The number of hydrogen-bond donors (Lipinski definition) is 0. The van der Waals surface area contributed by atoms with Gasteiger partial charge in [-0.1, -0.05) is 6.07 Å². The van der Waals surface area contributed by atoms with Crippen LogP contribution in [-0.4, -0.2) is 71.9 Å². The van der Waals surface area contributed by atoms with Crippen LogP contribution in [0.15, 0.2) is 18.2 Å². The van der Waals surface area contributed by atoms with Crippen LogP contribution < -0.4 is 4.90 Å². The van der Waals surface area contributed by atoms with E-state index in [1.54, 1.807) is 0 Å². The second-order valence-electron chi connectivity index (χ2n) is 8.80. The molecule has 2 amide bonds. The van der Waals surface area contributed by atoms with E-state index in [2.05, 4.69) is 35.8 Å². The lowest BCUT2D eigenvalue weighted by Gasteiger charge is -2.34. The van der Waals surface area contributed by atoms with Crippen LogP contribution in [0.4, 0.5) is 5.69 Å². The normalized spacial score (nSPS) is 26.2. The smallest absolute Gasteiger partial charge is 0.228 e. The first-order chi connectivity index (χ1) is 14.0. The highest BCUT2D eigenvalue weighted by atomic mass is 32.2. The van der Waals surface area contributed by atoms with Gasteiger partial charge in [0.15, 0.2) is 0 Å². The van der Waals surface area contributed by atoms with Crippen LogP contribution in [0.3, 0.4) is 0 Å². The first-order valence-corrected chi connectivity index (χ1v) is 12.2. The maximum Gasteiger partial charge on any atom is 0.228 e. The van der Waals surface area contributed by atoms with Crippen LogP contribution >= 0.6 is 11.8 Å². The van der Waals surface area contributed by atoms with Crippen molar-refractivity contribution in [3.05, 3.63) is 29.3 Å². The van der Waals surface area contributed by atoms with Crippen LogP contribution in [0.1, 0.15) is 36.8 Å². The molecule has 0 bridgehead atoms. The number of thioether (sulfide) groups is 1. The van der Waals surface area contributed by atoms with Gasteiger partial charge in [0.1, 0.15) is 0 Å². The van der Waals surface area contributed by atoms with Crippen LogP contribution in [0, 0.1) is 19.8 Å². The SMILES string of the molecule is Cc1ccc(N2CC(C(=O)N3CCCSCC3CN3CCCC3)CC2=O)cc1C. The van der Waals surface area contributed by atoms with Gasteiger partial charge in [0, 0.05) is 37.5 Å². The van der Waals surface area contributed by atoms with Crippen LogP contribution in [-0.2, 0) is 9.59 Å². The minimum absolute atomic E-state index is 0.0758. The molecule has 3 fully saturated rings. The third kappa shape index (κ3) is 4.64. The van der Waals surface area contributed by atoms with Crippen LogP contribution in [0.25, 0.3) is 0 Å². The van der Waals surface area contributed by atoms with Crippen molar-refractivity contribution in [3.8, 4) is 0 Å². The van der Waals surface area contributed by atoms with Crippen molar-refractivity contribution >= 4 is 29.3 Å². The molecule has 1 aromatic carbocycles. The molecule has 0 aromatic heterocycles. The third-order valence-corrected chi connectivity index (χ3v) is 7.86. The molecule has 0 N–H and O–H groups in total. The Kier molecular flexibility index (Phi) is 6.50. The zero-order valence-corrected chi connectivity index (χ0v) is 18.5. The van der Waals surface area contributed by atoms with Crippen LogP contribution in [0.2, 0.25) is 0 Å². The third-order valence-electron chi connectivity index (χ3n) is 6.67. The Morgan fingerprint density at radius 3 is 2.66 bits per heavy atom. The van der Waals surface area contributed by atoms with Crippen molar-refractivity contribution in [1.29, 1.82) is 0 Å². The number of likely N-dealkylation sites (tertiary alicyclic amines) is 1. The summed E-state index contributed by atoms with van der Waals surface area (Å²) in [4.78, 5) is 32.7. The fourth-order valence-electron chi connectivity index (χ4n) is 4.78. The van der Waals surface area contributed by atoms with E-state index in [1.807, 2.05) is 22.7 Å². The summed E-state index contributed by atoms with van der Waals surface area (Å²) in [7, 11) is 0. The highest BCUT2D eigenvalue weighted by molar-refractivity contribution is 7.99. The minimum atomic E-state index is -0.215. The molecule has 1 aromatic rings. The highest BCUT2D eigenvalue weighted by Crippen LogP contribution is 2.29. The van der Waals surface area contributed by atoms with Gasteiger partial charge in [-0.2, -0.15) is 11.8 Å². The van der Waals surface area contributed by atoms with Gasteiger partial charge in [-0.15, -0.1) is 0 Å². The average Bonchev–Trinajstić information content (AvgIpc) is 3.29. The molecular formula is C23H33N3O2S. The Morgan fingerprint density at radius 1 is 1.10 bits per heavy atom. The van der Waals surface area contributed by atoms with Crippen molar-refractivity contribution in [2.24, 2.45) is 5.92 Å². The van der Waals surface area contributed by atoms with E-state index < -0.39 is 0 Å². The molecular weight excluding hydrogens is 382 g/mol. The van der Waals surface area contributed by atoms with Crippen molar-refractivity contribution < 1.29 is 9.59 Å². The number of anilines is 1. The topological polar surface area (TPSA) is 43.9 Å². The lowest BCUT2D eigenvalue weighted by Crippen LogP contribution is -2.50. The second kappa shape index (κ2) is 9.09. The summed E-state index contributed by atoms with van der Waals surface area (Å²) in [6.45, 7) is 8.80. The molecule has 4 rings (SSSR count). The average molecular weight is 416 g/mol. The molecule has 0 aliphatic carbocycles. The lowest BCUT2D eigenvalue weighted by molar-refractivity contribution is -0.138. The van der Waals surface area contributed by atoms with Crippen LogP contribution in [0.5, 0.6) is 0 Å². The molecule has 3 saturated heterocycles. The molecule has 5 nitrogen and oxygen atoms in total. The standard InChI is InChI=1S/C23H33N3O2S/c1-17-6-7-20(12-18(17)2)26-14-19(13-22(26)27)23(28)25-10-5-11-29-16-21(25)15-24-8-3-4-9-24/h6-7,12,19,21H,3-5,8-11,13-16H2,1-2H3. The summed E-state index contributed by atoms with van der Waals surface area (Å²) in [6, 6.07) is 6.41. The number of amides is 2. The Balaban J connectivity index is 1.46. The molecule has 2 unspecified atom stereocenters. The first-order valence-electron chi connectivity index (χ1n) is 11.0.